The second-order valence-corrected chi connectivity index (χ2v) is 14.4. The molecule has 14 heteroatoms. The summed E-state index contributed by atoms with van der Waals surface area (Å²) >= 11 is 0. The Morgan fingerprint density at radius 1 is 1.13 bits per heavy atom. The van der Waals surface area contributed by atoms with Crippen molar-refractivity contribution in [1.82, 2.24) is 10.2 Å². The van der Waals surface area contributed by atoms with Crippen LogP contribution < -0.4 is 15.8 Å². The van der Waals surface area contributed by atoms with Crippen LogP contribution in [0.4, 0.5) is 9.59 Å². The van der Waals surface area contributed by atoms with Crippen LogP contribution in [0.1, 0.15) is 51.5 Å². The minimum absolute atomic E-state index is 0.109. The molecule has 0 radical (unpaired) electrons. The van der Waals surface area contributed by atoms with E-state index in [0.717, 1.165) is 5.56 Å². The molecule has 2 aliphatic heterocycles. The molecule has 0 unspecified atom stereocenters. The Hall–Kier alpha value is -3.88. The lowest BCUT2D eigenvalue weighted by Gasteiger charge is -2.38. The SMILES string of the molecule is CC(C)(CC[C@H](O)COc1cccc(S(=O)(=O)CC(N)=O)c1)OC(=O)N[C@H]1COC2(CCN(C(=O)OCc3ccccc3)CC2)C1. The van der Waals surface area contributed by atoms with Gasteiger partial charge in [0, 0.05) is 13.1 Å². The summed E-state index contributed by atoms with van der Waals surface area (Å²) in [4.78, 5) is 37.9. The lowest BCUT2D eigenvalue weighted by molar-refractivity contribution is -0.115. The fourth-order valence-electron chi connectivity index (χ4n) is 5.51. The number of aliphatic hydroxyl groups excluding tert-OH is 1. The zero-order valence-corrected chi connectivity index (χ0v) is 27.0. The van der Waals surface area contributed by atoms with Crippen LogP contribution in [-0.4, -0.2) is 91.9 Å². The van der Waals surface area contributed by atoms with Gasteiger partial charge in [0.25, 0.3) is 0 Å². The molecule has 2 aromatic rings. The molecule has 252 valence electrons. The van der Waals surface area contributed by atoms with Crippen LogP contribution in [0.2, 0.25) is 0 Å². The van der Waals surface area contributed by atoms with E-state index in [4.69, 9.17) is 24.7 Å². The van der Waals surface area contributed by atoms with E-state index >= 15 is 0 Å². The smallest absolute Gasteiger partial charge is 0.410 e. The molecular weight excluding hydrogens is 618 g/mol. The number of sulfone groups is 1. The van der Waals surface area contributed by atoms with Crippen LogP contribution >= 0.6 is 0 Å². The molecule has 0 aromatic heterocycles. The number of carbonyl (C=O) groups excluding carboxylic acids is 3. The van der Waals surface area contributed by atoms with Crippen LogP contribution in [0.15, 0.2) is 59.5 Å². The van der Waals surface area contributed by atoms with Crippen LogP contribution in [0, 0.1) is 0 Å². The Morgan fingerprint density at radius 3 is 2.54 bits per heavy atom. The molecule has 2 saturated heterocycles. The van der Waals surface area contributed by atoms with Gasteiger partial charge in [-0.1, -0.05) is 36.4 Å². The zero-order chi connectivity index (χ0) is 33.4. The van der Waals surface area contributed by atoms with Crippen LogP contribution in [-0.2, 0) is 35.4 Å². The van der Waals surface area contributed by atoms with Gasteiger partial charge in [-0.25, -0.2) is 18.0 Å². The van der Waals surface area contributed by atoms with Gasteiger partial charge in [-0.2, -0.15) is 0 Å². The predicted molar refractivity (Wildman–Crippen MR) is 167 cm³/mol. The molecule has 2 atom stereocenters. The van der Waals surface area contributed by atoms with Gasteiger partial charge in [-0.05, 0) is 69.7 Å². The molecule has 0 bridgehead atoms. The van der Waals surface area contributed by atoms with Crippen molar-refractivity contribution in [1.29, 1.82) is 0 Å². The lowest BCUT2D eigenvalue weighted by Crippen LogP contribution is -2.47. The molecule has 13 nitrogen and oxygen atoms in total. The fourth-order valence-corrected chi connectivity index (χ4v) is 6.63. The van der Waals surface area contributed by atoms with Crippen molar-refractivity contribution in [3.05, 3.63) is 60.2 Å². The summed E-state index contributed by atoms with van der Waals surface area (Å²) in [6, 6.07) is 14.9. The average Bonchev–Trinajstić information content (AvgIpc) is 3.39. The van der Waals surface area contributed by atoms with E-state index in [1.54, 1.807) is 18.7 Å². The van der Waals surface area contributed by atoms with Gasteiger partial charge in [-0.3, -0.25) is 4.79 Å². The first-order valence-corrected chi connectivity index (χ1v) is 16.9. The van der Waals surface area contributed by atoms with Gasteiger partial charge in [0.15, 0.2) is 9.84 Å². The molecule has 2 aromatic carbocycles. The quantitative estimate of drug-likeness (QED) is 0.288. The number of rotatable bonds is 13. The van der Waals surface area contributed by atoms with E-state index < -0.39 is 44.9 Å². The topological polar surface area (TPSA) is 184 Å². The third kappa shape index (κ3) is 10.3. The maximum Gasteiger partial charge on any atom is 0.410 e. The molecule has 4 N–H and O–H groups in total. The predicted octanol–water partition coefficient (Wildman–Crippen LogP) is 2.93. The average molecular weight is 662 g/mol. The van der Waals surface area contributed by atoms with Crippen molar-refractivity contribution in [2.75, 3.05) is 32.1 Å². The lowest BCUT2D eigenvalue weighted by atomic mass is 9.87. The molecule has 46 heavy (non-hydrogen) atoms. The molecule has 2 aliphatic rings. The minimum atomic E-state index is -3.89. The summed E-state index contributed by atoms with van der Waals surface area (Å²) in [6.45, 7) is 4.94. The molecule has 4 rings (SSSR count). The summed E-state index contributed by atoms with van der Waals surface area (Å²) in [5.41, 5.74) is 4.63. The minimum Gasteiger partial charge on any atom is -0.491 e. The standard InChI is InChI=1S/C32H43N3O10S/c1-31(2,12-11-25(36)21-42-26-9-6-10-27(17-26)46(40,41)22-28(33)37)45-29(38)34-24-18-32(44-20-24)13-15-35(16-14-32)30(39)43-19-23-7-4-3-5-8-23/h3-10,17,24-25,36H,11-16,18-22H2,1-2H3,(H2,33,37)(H,34,38)/t24-,25+/m1/s1. The van der Waals surface area contributed by atoms with Crippen molar-refractivity contribution >= 4 is 27.9 Å². The first kappa shape index (κ1) is 35.0. The number of alkyl carbamates (subject to hydrolysis) is 1. The second kappa shape index (κ2) is 15.1. The third-order valence-electron chi connectivity index (χ3n) is 8.06. The number of nitrogens with two attached hydrogens (primary N) is 1. The number of hydrogen-bond donors (Lipinski definition) is 3. The van der Waals surface area contributed by atoms with Crippen LogP contribution in [0.3, 0.4) is 0 Å². The summed E-state index contributed by atoms with van der Waals surface area (Å²) in [5, 5.41) is 13.3. The van der Waals surface area contributed by atoms with Crippen LogP contribution in [0.5, 0.6) is 5.75 Å². The van der Waals surface area contributed by atoms with Crippen molar-refractivity contribution in [3.63, 3.8) is 0 Å². The van der Waals surface area contributed by atoms with E-state index in [1.807, 2.05) is 30.3 Å². The molecular formula is C32H43N3O10S. The Kier molecular flexibility index (Phi) is 11.5. The largest absolute Gasteiger partial charge is 0.491 e. The number of benzene rings is 2. The van der Waals surface area contributed by atoms with E-state index in [2.05, 4.69) is 5.32 Å². The summed E-state index contributed by atoms with van der Waals surface area (Å²) in [6.07, 6.45) is 0.615. The first-order chi connectivity index (χ1) is 21.7. The fraction of sp³-hybridized carbons (Fsp3) is 0.531. The van der Waals surface area contributed by atoms with E-state index in [1.165, 1.54) is 24.3 Å². The van der Waals surface area contributed by atoms with E-state index in [0.29, 0.717) is 45.4 Å². The Bertz CT molecular complexity index is 1460. The number of nitrogens with zero attached hydrogens (tertiary/aromatic N) is 1. The summed E-state index contributed by atoms with van der Waals surface area (Å²) < 4.78 is 47.3. The molecule has 2 fully saturated rings. The highest BCUT2D eigenvalue weighted by Gasteiger charge is 2.44. The maximum atomic E-state index is 12.7. The number of piperidine rings is 1. The second-order valence-electron chi connectivity index (χ2n) is 12.4. The van der Waals surface area contributed by atoms with Crippen molar-refractivity contribution < 1.29 is 46.9 Å². The highest BCUT2D eigenvalue weighted by atomic mass is 32.2. The number of likely N-dealkylation sites (tertiary alicyclic amines) is 1. The van der Waals surface area contributed by atoms with E-state index in [-0.39, 0.29) is 42.4 Å². The van der Waals surface area contributed by atoms with Gasteiger partial charge >= 0.3 is 12.2 Å². The Morgan fingerprint density at radius 2 is 1.85 bits per heavy atom. The van der Waals surface area contributed by atoms with Crippen LogP contribution in [0.25, 0.3) is 0 Å². The van der Waals surface area contributed by atoms with E-state index in [9.17, 15) is 27.9 Å². The van der Waals surface area contributed by atoms with Gasteiger partial charge in [0.1, 0.15) is 30.3 Å². The summed E-state index contributed by atoms with van der Waals surface area (Å²) in [5.74, 6) is -1.56. The number of aliphatic hydroxyl groups is 1. The highest BCUT2D eigenvalue weighted by molar-refractivity contribution is 7.92. The third-order valence-corrected chi connectivity index (χ3v) is 9.69. The molecule has 0 saturated carbocycles. The van der Waals surface area contributed by atoms with Crippen molar-refractivity contribution in [3.8, 4) is 5.75 Å². The normalized spacial score (nSPS) is 18.5. The number of primary amides is 1. The number of nitrogens with one attached hydrogen (secondary N) is 1. The molecule has 2 heterocycles. The molecule has 3 amide bonds. The number of carbonyl (C=O) groups is 3. The van der Waals surface area contributed by atoms with Gasteiger partial charge in [0.05, 0.1) is 29.2 Å². The maximum absolute atomic E-state index is 12.7. The Balaban J connectivity index is 1.14. The number of ether oxygens (including phenoxy) is 4. The molecule has 1 spiro atoms. The molecule has 0 aliphatic carbocycles. The van der Waals surface area contributed by atoms with Crippen molar-refractivity contribution in [2.45, 2.75) is 80.8 Å². The summed E-state index contributed by atoms with van der Waals surface area (Å²) in [7, 11) is -3.89. The first-order valence-electron chi connectivity index (χ1n) is 15.3. The van der Waals surface area contributed by atoms with Gasteiger partial charge in [-0.15, -0.1) is 0 Å². The van der Waals surface area contributed by atoms with Gasteiger partial charge in [0.2, 0.25) is 5.91 Å². The zero-order valence-electron chi connectivity index (χ0n) is 26.2. The Labute approximate surface area is 269 Å². The number of amides is 3. The number of hydrogen-bond acceptors (Lipinski definition) is 10. The monoisotopic (exact) mass is 661 g/mol. The van der Waals surface area contributed by atoms with Crippen molar-refractivity contribution in [2.24, 2.45) is 5.73 Å². The van der Waals surface area contributed by atoms with Gasteiger partial charge < -0.3 is 40.0 Å². The highest BCUT2D eigenvalue weighted by Crippen LogP contribution is 2.36.